The van der Waals surface area contributed by atoms with Crippen molar-refractivity contribution in [2.75, 3.05) is 19.3 Å². The van der Waals surface area contributed by atoms with Crippen LogP contribution in [0.2, 0.25) is 0 Å². The highest BCUT2D eigenvalue weighted by molar-refractivity contribution is 7.88. The smallest absolute Gasteiger partial charge is 0.234 e. The van der Waals surface area contributed by atoms with Crippen molar-refractivity contribution < 1.29 is 21.6 Å². The molecule has 132 valence electrons. The molecule has 1 aliphatic rings. The summed E-state index contributed by atoms with van der Waals surface area (Å²) < 4.78 is 65.1. The molecule has 0 aromatic carbocycles. The molecule has 1 atom stereocenters. The van der Waals surface area contributed by atoms with Crippen LogP contribution in [-0.4, -0.2) is 46.7 Å². The average molecular weight is 362 g/mol. The average Bonchev–Trinajstić information content (AvgIpc) is 2.88. The standard InChI is InChI=1S/C14H17F3N4O2S/c1-9-6-12(14(15,16)17)21-13(18-9)7-11(19-21)10-4-3-5-20(8-10)24(2,22)23/h6-7,10H,3-5,8H2,1-2H3. The zero-order valence-electron chi connectivity index (χ0n) is 13.2. The second-order valence-corrected chi connectivity index (χ2v) is 8.06. The molecule has 0 aliphatic carbocycles. The van der Waals surface area contributed by atoms with Crippen LogP contribution in [0.3, 0.4) is 0 Å². The predicted octanol–water partition coefficient (Wildman–Crippen LogP) is 2.20. The maximum Gasteiger partial charge on any atom is 0.433 e. The lowest BCUT2D eigenvalue weighted by Crippen LogP contribution is -2.38. The molecule has 1 unspecified atom stereocenters. The number of nitrogens with zero attached hydrogens (tertiary/aromatic N) is 4. The second-order valence-electron chi connectivity index (χ2n) is 6.08. The van der Waals surface area contributed by atoms with E-state index in [0.717, 1.165) is 16.8 Å². The van der Waals surface area contributed by atoms with Crippen molar-refractivity contribution in [3.05, 3.63) is 29.2 Å². The highest BCUT2D eigenvalue weighted by Crippen LogP contribution is 2.32. The summed E-state index contributed by atoms with van der Waals surface area (Å²) in [5.74, 6) is -0.239. The van der Waals surface area contributed by atoms with Crippen LogP contribution >= 0.6 is 0 Å². The van der Waals surface area contributed by atoms with Crippen molar-refractivity contribution in [3.8, 4) is 0 Å². The van der Waals surface area contributed by atoms with Crippen LogP contribution in [0.4, 0.5) is 13.2 Å². The Morgan fingerprint density at radius 1 is 1.29 bits per heavy atom. The number of halogens is 3. The topological polar surface area (TPSA) is 67.6 Å². The van der Waals surface area contributed by atoms with Gasteiger partial charge in [-0.1, -0.05) is 0 Å². The van der Waals surface area contributed by atoms with E-state index >= 15 is 0 Å². The Bertz CT molecular complexity index is 876. The molecule has 3 rings (SSSR count). The molecule has 6 nitrogen and oxygen atoms in total. The lowest BCUT2D eigenvalue weighted by Gasteiger charge is -2.29. The maximum atomic E-state index is 13.2. The molecular formula is C14H17F3N4O2S. The zero-order chi connectivity index (χ0) is 17.7. The van der Waals surface area contributed by atoms with Gasteiger partial charge in [-0.05, 0) is 25.8 Å². The van der Waals surface area contributed by atoms with Crippen molar-refractivity contribution in [2.24, 2.45) is 0 Å². The summed E-state index contributed by atoms with van der Waals surface area (Å²) >= 11 is 0. The SMILES string of the molecule is Cc1cc(C(F)(F)F)n2nc(C3CCCN(S(C)(=O)=O)C3)cc2n1. The van der Waals surface area contributed by atoms with E-state index in [-0.39, 0.29) is 23.8 Å². The van der Waals surface area contributed by atoms with E-state index in [1.54, 1.807) is 0 Å². The quantitative estimate of drug-likeness (QED) is 0.821. The second kappa shape index (κ2) is 5.69. The van der Waals surface area contributed by atoms with E-state index in [4.69, 9.17) is 0 Å². The van der Waals surface area contributed by atoms with Crippen molar-refractivity contribution in [3.63, 3.8) is 0 Å². The van der Waals surface area contributed by atoms with Crippen LogP contribution in [0.25, 0.3) is 5.65 Å². The third-order valence-electron chi connectivity index (χ3n) is 4.14. The Morgan fingerprint density at radius 3 is 2.62 bits per heavy atom. The summed E-state index contributed by atoms with van der Waals surface area (Å²) in [7, 11) is -3.33. The Kier molecular flexibility index (Phi) is 4.07. The first kappa shape index (κ1) is 17.2. The molecule has 2 aromatic heterocycles. The number of aromatic nitrogens is 3. The van der Waals surface area contributed by atoms with Crippen molar-refractivity contribution in [1.82, 2.24) is 18.9 Å². The summed E-state index contributed by atoms with van der Waals surface area (Å²) in [6, 6.07) is 2.46. The third-order valence-corrected chi connectivity index (χ3v) is 5.41. The predicted molar refractivity (Wildman–Crippen MR) is 81.1 cm³/mol. The van der Waals surface area contributed by atoms with Gasteiger partial charge < -0.3 is 0 Å². The lowest BCUT2D eigenvalue weighted by atomic mass is 9.96. The molecule has 0 radical (unpaired) electrons. The number of sulfonamides is 1. The first-order valence-corrected chi connectivity index (χ1v) is 9.30. The summed E-state index contributed by atoms with van der Waals surface area (Å²) in [6.45, 7) is 2.14. The van der Waals surface area contributed by atoms with Gasteiger partial charge in [-0.2, -0.15) is 18.3 Å². The number of rotatable bonds is 2. The molecular weight excluding hydrogens is 345 g/mol. The molecule has 0 N–H and O–H groups in total. The summed E-state index contributed by atoms with van der Waals surface area (Å²) in [6.07, 6.45) is -2.09. The fourth-order valence-corrected chi connectivity index (χ4v) is 3.92. The van der Waals surface area contributed by atoms with Crippen LogP contribution in [-0.2, 0) is 16.2 Å². The minimum absolute atomic E-state index is 0.119. The molecule has 1 fully saturated rings. The van der Waals surface area contributed by atoms with E-state index < -0.39 is 21.9 Å². The van der Waals surface area contributed by atoms with Crippen LogP contribution in [0.5, 0.6) is 0 Å². The molecule has 0 saturated carbocycles. The number of fused-ring (bicyclic) bond motifs is 1. The summed E-state index contributed by atoms with van der Waals surface area (Å²) in [4.78, 5) is 4.10. The van der Waals surface area contributed by atoms with Gasteiger partial charge in [0.1, 0.15) is 5.69 Å². The van der Waals surface area contributed by atoms with Crippen molar-refractivity contribution in [1.29, 1.82) is 0 Å². The number of aryl methyl sites for hydroxylation is 1. The van der Waals surface area contributed by atoms with Gasteiger partial charge in [-0.15, -0.1) is 0 Å². The van der Waals surface area contributed by atoms with E-state index in [2.05, 4.69) is 10.1 Å². The van der Waals surface area contributed by atoms with Crippen molar-refractivity contribution >= 4 is 15.7 Å². The van der Waals surface area contributed by atoms with E-state index in [9.17, 15) is 21.6 Å². The van der Waals surface area contributed by atoms with Gasteiger partial charge >= 0.3 is 6.18 Å². The zero-order valence-corrected chi connectivity index (χ0v) is 14.0. The lowest BCUT2D eigenvalue weighted by molar-refractivity contribution is -0.142. The van der Waals surface area contributed by atoms with Gasteiger partial charge in [-0.25, -0.2) is 22.2 Å². The number of piperidine rings is 1. The van der Waals surface area contributed by atoms with E-state index in [1.807, 2.05) is 0 Å². The van der Waals surface area contributed by atoms with Gasteiger partial charge in [0.05, 0.1) is 11.9 Å². The molecule has 24 heavy (non-hydrogen) atoms. The number of hydrogen-bond donors (Lipinski definition) is 0. The molecule has 3 heterocycles. The Balaban J connectivity index is 2.02. The molecule has 10 heteroatoms. The maximum absolute atomic E-state index is 13.2. The molecule has 1 aliphatic heterocycles. The highest BCUT2D eigenvalue weighted by atomic mass is 32.2. The molecule has 2 aromatic rings. The number of hydrogen-bond acceptors (Lipinski definition) is 4. The minimum Gasteiger partial charge on any atom is -0.234 e. The molecule has 0 bridgehead atoms. The number of alkyl halides is 3. The van der Waals surface area contributed by atoms with Crippen LogP contribution in [0.1, 0.15) is 35.8 Å². The normalized spacial score (nSPS) is 20.6. The fourth-order valence-electron chi connectivity index (χ4n) is 3.00. The highest BCUT2D eigenvalue weighted by Gasteiger charge is 2.36. The van der Waals surface area contributed by atoms with Crippen LogP contribution in [0, 0.1) is 6.92 Å². The minimum atomic E-state index is -4.54. The van der Waals surface area contributed by atoms with Gasteiger partial charge in [0, 0.05) is 30.8 Å². The van der Waals surface area contributed by atoms with Gasteiger partial charge in [0.2, 0.25) is 10.0 Å². The Hall–Kier alpha value is -1.68. The van der Waals surface area contributed by atoms with Crippen LogP contribution in [0.15, 0.2) is 12.1 Å². The third kappa shape index (κ3) is 3.25. The Morgan fingerprint density at radius 2 is 2.00 bits per heavy atom. The summed E-state index contributed by atoms with van der Waals surface area (Å²) in [5, 5.41) is 4.07. The van der Waals surface area contributed by atoms with Gasteiger partial charge in [0.15, 0.2) is 5.65 Å². The first-order valence-electron chi connectivity index (χ1n) is 7.45. The fraction of sp³-hybridized carbons (Fsp3) is 0.571. The van der Waals surface area contributed by atoms with E-state index in [0.29, 0.717) is 25.1 Å². The summed E-state index contributed by atoms with van der Waals surface area (Å²) in [5.41, 5.74) is -0.0736. The van der Waals surface area contributed by atoms with Crippen LogP contribution < -0.4 is 0 Å². The monoisotopic (exact) mass is 362 g/mol. The largest absolute Gasteiger partial charge is 0.433 e. The molecule has 1 saturated heterocycles. The van der Waals surface area contributed by atoms with Gasteiger partial charge in [0.25, 0.3) is 0 Å². The molecule has 0 amide bonds. The van der Waals surface area contributed by atoms with Crippen molar-refractivity contribution in [2.45, 2.75) is 31.9 Å². The van der Waals surface area contributed by atoms with Gasteiger partial charge in [-0.3, -0.25) is 0 Å². The molecule has 0 spiro atoms. The first-order chi connectivity index (χ1) is 11.1. The Labute approximate surface area is 137 Å². The van der Waals surface area contributed by atoms with E-state index in [1.165, 1.54) is 17.3 Å².